The Labute approximate surface area is 167 Å². The van der Waals surface area contributed by atoms with Crippen LogP contribution in [0.5, 0.6) is 0 Å². The van der Waals surface area contributed by atoms with Crippen LogP contribution < -0.4 is 5.32 Å². The highest BCUT2D eigenvalue weighted by molar-refractivity contribution is 7.90. The molecular formula is C21H19FN4O2S. The maximum Gasteiger partial charge on any atom is 0.268 e. The molecule has 0 bridgehead atoms. The van der Waals surface area contributed by atoms with E-state index >= 15 is 0 Å². The fourth-order valence-corrected chi connectivity index (χ4v) is 5.03. The summed E-state index contributed by atoms with van der Waals surface area (Å²) in [7, 11) is -3.86. The van der Waals surface area contributed by atoms with Crippen LogP contribution in [0.4, 0.5) is 4.39 Å². The molecule has 0 atom stereocenters. The first-order valence-electron chi connectivity index (χ1n) is 9.37. The highest BCUT2D eigenvalue weighted by atomic mass is 32.2. The van der Waals surface area contributed by atoms with Crippen LogP contribution in [-0.2, 0) is 16.6 Å². The second kappa shape index (κ2) is 6.82. The fourth-order valence-electron chi connectivity index (χ4n) is 3.65. The quantitative estimate of drug-likeness (QED) is 0.549. The number of fused-ring (bicyclic) bond motifs is 1. The standard InChI is InChI=1S/C21H19FN4O2S/c22-17-6-7-19-20(16-11-24-25(13-16)12-15-9-23-10-15)14-26(21(19)8-17)29(27,28)18-4-2-1-3-5-18/h1-8,11,13-15,23H,9-10,12H2. The molecule has 6 nitrogen and oxygen atoms in total. The molecule has 3 heterocycles. The Kier molecular flexibility index (Phi) is 4.25. The molecular weight excluding hydrogens is 391 g/mol. The highest BCUT2D eigenvalue weighted by Crippen LogP contribution is 2.33. The smallest absolute Gasteiger partial charge is 0.268 e. The monoisotopic (exact) mass is 410 g/mol. The fraction of sp³-hybridized carbons (Fsp3) is 0.190. The Hall–Kier alpha value is -2.97. The minimum Gasteiger partial charge on any atom is -0.316 e. The molecule has 1 saturated heterocycles. The predicted octanol–water partition coefficient (Wildman–Crippen LogP) is 3.10. The largest absolute Gasteiger partial charge is 0.316 e. The molecule has 4 aromatic rings. The van der Waals surface area contributed by atoms with Crippen LogP contribution in [0.25, 0.3) is 22.0 Å². The molecule has 0 spiro atoms. The lowest BCUT2D eigenvalue weighted by molar-refractivity contribution is 0.295. The van der Waals surface area contributed by atoms with Crippen molar-refractivity contribution in [3.63, 3.8) is 0 Å². The Bertz CT molecular complexity index is 1290. The summed E-state index contributed by atoms with van der Waals surface area (Å²) in [6.07, 6.45) is 5.19. The van der Waals surface area contributed by atoms with Gasteiger partial charge in [-0.05, 0) is 30.3 Å². The van der Waals surface area contributed by atoms with Crippen LogP contribution in [0.2, 0.25) is 0 Å². The average molecular weight is 410 g/mol. The third-order valence-corrected chi connectivity index (χ3v) is 6.98. The summed E-state index contributed by atoms with van der Waals surface area (Å²) >= 11 is 0. The van der Waals surface area contributed by atoms with E-state index in [1.807, 2.05) is 10.9 Å². The van der Waals surface area contributed by atoms with Gasteiger partial charge in [-0.3, -0.25) is 4.68 Å². The van der Waals surface area contributed by atoms with E-state index < -0.39 is 15.8 Å². The maximum absolute atomic E-state index is 14.0. The van der Waals surface area contributed by atoms with Crippen LogP contribution in [0, 0.1) is 11.7 Å². The minimum atomic E-state index is -3.86. The SMILES string of the molecule is O=S(=O)(c1ccccc1)n1cc(-c2cnn(CC3CNC3)c2)c2ccc(F)cc21. The van der Waals surface area contributed by atoms with Gasteiger partial charge in [-0.15, -0.1) is 0 Å². The predicted molar refractivity (Wildman–Crippen MR) is 109 cm³/mol. The zero-order valence-electron chi connectivity index (χ0n) is 15.5. The summed E-state index contributed by atoms with van der Waals surface area (Å²) in [5.74, 6) is 0.0662. The van der Waals surface area contributed by atoms with Crippen molar-refractivity contribution < 1.29 is 12.8 Å². The normalized spacial score (nSPS) is 14.9. The Morgan fingerprint density at radius 1 is 1.10 bits per heavy atom. The van der Waals surface area contributed by atoms with Gasteiger partial charge in [0.2, 0.25) is 0 Å². The van der Waals surface area contributed by atoms with Gasteiger partial charge in [0.05, 0.1) is 16.6 Å². The minimum absolute atomic E-state index is 0.154. The van der Waals surface area contributed by atoms with Gasteiger partial charge in [0, 0.05) is 54.5 Å². The summed E-state index contributed by atoms with van der Waals surface area (Å²) in [4.78, 5) is 0.154. The first-order valence-corrected chi connectivity index (χ1v) is 10.8. The first-order chi connectivity index (χ1) is 14.0. The highest BCUT2D eigenvalue weighted by Gasteiger charge is 2.23. The third kappa shape index (κ3) is 3.14. The summed E-state index contributed by atoms with van der Waals surface area (Å²) in [5, 5.41) is 8.33. The van der Waals surface area contributed by atoms with Gasteiger partial charge in [-0.25, -0.2) is 16.8 Å². The lowest BCUT2D eigenvalue weighted by Crippen LogP contribution is -2.44. The van der Waals surface area contributed by atoms with Crippen LogP contribution >= 0.6 is 0 Å². The van der Waals surface area contributed by atoms with E-state index in [2.05, 4.69) is 10.4 Å². The molecule has 148 valence electrons. The zero-order valence-corrected chi connectivity index (χ0v) is 16.3. The number of aromatic nitrogens is 3. The number of benzene rings is 2. The number of halogens is 1. The van der Waals surface area contributed by atoms with E-state index in [9.17, 15) is 12.8 Å². The molecule has 8 heteroatoms. The van der Waals surface area contributed by atoms with E-state index in [0.717, 1.165) is 29.2 Å². The second-order valence-electron chi connectivity index (χ2n) is 7.29. The number of hydrogen-bond donors (Lipinski definition) is 1. The van der Waals surface area contributed by atoms with Gasteiger partial charge < -0.3 is 5.32 Å². The lowest BCUT2D eigenvalue weighted by atomic mass is 10.0. The maximum atomic E-state index is 14.0. The molecule has 29 heavy (non-hydrogen) atoms. The lowest BCUT2D eigenvalue weighted by Gasteiger charge is -2.26. The van der Waals surface area contributed by atoms with Crippen molar-refractivity contribution in [1.29, 1.82) is 0 Å². The van der Waals surface area contributed by atoms with Crippen molar-refractivity contribution >= 4 is 20.9 Å². The molecule has 0 amide bonds. The van der Waals surface area contributed by atoms with Gasteiger partial charge in [0.25, 0.3) is 10.0 Å². The Balaban J connectivity index is 1.64. The van der Waals surface area contributed by atoms with Gasteiger partial charge in [0.15, 0.2) is 0 Å². The number of hydrogen-bond acceptors (Lipinski definition) is 4. The van der Waals surface area contributed by atoms with Gasteiger partial charge in [-0.2, -0.15) is 5.10 Å². The summed E-state index contributed by atoms with van der Waals surface area (Å²) < 4.78 is 43.4. The van der Waals surface area contributed by atoms with E-state index in [1.165, 1.54) is 24.3 Å². The van der Waals surface area contributed by atoms with E-state index in [4.69, 9.17) is 0 Å². The van der Waals surface area contributed by atoms with Crippen LogP contribution in [0.3, 0.4) is 0 Å². The zero-order chi connectivity index (χ0) is 20.0. The molecule has 2 aromatic heterocycles. The summed E-state index contributed by atoms with van der Waals surface area (Å²) in [6.45, 7) is 2.76. The number of nitrogens with one attached hydrogen (secondary N) is 1. The molecule has 1 aliphatic rings. The van der Waals surface area contributed by atoms with Crippen molar-refractivity contribution in [3.8, 4) is 11.1 Å². The van der Waals surface area contributed by atoms with Crippen molar-refractivity contribution in [2.45, 2.75) is 11.4 Å². The van der Waals surface area contributed by atoms with Crippen LogP contribution in [0.1, 0.15) is 0 Å². The summed E-state index contributed by atoms with van der Waals surface area (Å²) in [5.41, 5.74) is 1.81. The van der Waals surface area contributed by atoms with E-state index in [1.54, 1.807) is 36.7 Å². The summed E-state index contributed by atoms with van der Waals surface area (Å²) in [6, 6.07) is 12.4. The van der Waals surface area contributed by atoms with Crippen LogP contribution in [0.15, 0.2) is 72.0 Å². The average Bonchev–Trinajstić information content (AvgIpc) is 3.30. The van der Waals surface area contributed by atoms with Crippen molar-refractivity contribution in [2.24, 2.45) is 5.92 Å². The molecule has 1 N–H and O–H groups in total. The third-order valence-electron chi connectivity index (χ3n) is 5.29. The molecule has 5 rings (SSSR count). The topological polar surface area (TPSA) is 68.9 Å². The van der Waals surface area contributed by atoms with Crippen molar-refractivity contribution in [3.05, 3.63) is 72.9 Å². The second-order valence-corrected chi connectivity index (χ2v) is 9.11. The van der Waals surface area contributed by atoms with E-state index in [-0.39, 0.29) is 4.90 Å². The number of rotatable bonds is 5. The Morgan fingerprint density at radius 3 is 2.62 bits per heavy atom. The van der Waals surface area contributed by atoms with Crippen molar-refractivity contribution in [2.75, 3.05) is 13.1 Å². The molecule has 2 aromatic carbocycles. The van der Waals surface area contributed by atoms with Gasteiger partial charge in [0.1, 0.15) is 5.82 Å². The first kappa shape index (κ1) is 18.1. The van der Waals surface area contributed by atoms with Crippen molar-refractivity contribution in [1.82, 2.24) is 19.1 Å². The molecule has 0 aliphatic carbocycles. The molecule has 0 radical (unpaired) electrons. The van der Waals surface area contributed by atoms with E-state index in [0.29, 0.717) is 22.4 Å². The molecule has 1 aliphatic heterocycles. The molecule has 0 saturated carbocycles. The molecule has 0 unspecified atom stereocenters. The van der Waals surface area contributed by atoms with Gasteiger partial charge in [-0.1, -0.05) is 18.2 Å². The molecule has 1 fully saturated rings. The van der Waals surface area contributed by atoms with Crippen LogP contribution in [-0.4, -0.2) is 35.3 Å². The van der Waals surface area contributed by atoms with Gasteiger partial charge >= 0.3 is 0 Å². The number of nitrogens with zero attached hydrogens (tertiary/aromatic N) is 3. The Morgan fingerprint density at radius 2 is 1.90 bits per heavy atom.